The number of nitrogens with two attached hydrogens (primary N) is 1. The maximum atomic E-state index is 11.0. The molecule has 0 aliphatic rings. The molecule has 0 saturated heterocycles. The molecule has 0 bridgehead atoms. The lowest BCUT2D eigenvalue weighted by molar-refractivity contribution is 0.100. The molecule has 106 valence electrons. The summed E-state index contributed by atoms with van der Waals surface area (Å²) in [5.74, 6) is -0.419. The molecule has 5 nitrogen and oxygen atoms in total. The van der Waals surface area contributed by atoms with Gasteiger partial charge in [0.2, 0.25) is 5.91 Å². The van der Waals surface area contributed by atoms with Gasteiger partial charge in [0.15, 0.2) is 0 Å². The van der Waals surface area contributed by atoms with E-state index in [1.54, 1.807) is 12.1 Å². The Bertz CT molecular complexity index is 790. The van der Waals surface area contributed by atoms with Gasteiger partial charge < -0.3 is 11.1 Å². The second-order valence-corrected chi connectivity index (χ2v) is 4.88. The van der Waals surface area contributed by atoms with Crippen LogP contribution in [-0.2, 0) is 13.6 Å². The number of aryl methyl sites for hydroxylation is 1. The summed E-state index contributed by atoms with van der Waals surface area (Å²) in [6.07, 6.45) is 0. The van der Waals surface area contributed by atoms with Gasteiger partial charge in [-0.15, -0.1) is 0 Å². The van der Waals surface area contributed by atoms with Gasteiger partial charge in [-0.3, -0.25) is 9.48 Å². The number of aromatic nitrogens is 2. The SMILES string of the molecule is Cn1nc(CNc2ccc(C(N)=O)cc2)c2ccccc21. The zero-order valence-corrected chi connectivity index (χ0v) is 11.7. The first-order chi connectivity index (χ1) is 10.1. The summed E-state index contributed by atoms with van der Waals surface area (Å²) in [6.45, 7) is 0.622. The molecule has 0 saturated carbocycles. The maximum Gasteiger partial charge on any atom is 0.248 e. The van der Waals surface area contributed by atoms with E-state index in [-0.39, 0.29) is 0 Å². The molecule has 0 aliphatic heterocycles. The summed E-state index contributed by atoms with van der Waals surface area (Å²) in [5, 5.41) is 8.98. The predicted octanol–water partition coefficient (Wildman–Crippen LogP) is 2.28. The number of fused-ring (bicyclic) bond motifs is 1. The summed E-state index contributed by atoms with van der Waals surface area (Å²) in [5.41, 5.74) is 8.75. The van der Waals surface area contributed by atoms with Crippen LogP contribution in [0.5, 0.6) is 0 Å². The van der Waals surface area contributed by atoms with E-state index in [0.29, 0.717) is 12.1 Å². The Kier molecular flexibility index (Phi) is 3.31. The lowest BCUT2D eigenvalue weighted by Crippen LogP contribution is -2.10. The zero-order valence-electron chi connectivity index (χ0n) is 11.7. The van der Waals surface area contributed by atoms with Crippen LogP contribution in [0.15, 0.2) is 48.5 Å². The largest absolute Gasteiger partial charge is 0.379 e. The number of hydrogen-bond acceptors (Lipinski definition) is 3. The number of benzene rings is 2. The van der Waals surface area contributed by atoms with E-state index in [0.717, 1.165) is 22.3 Å². The zero-order chi connectivity index (χ0) is 14.8. The Morgan fingerprint density at radius 3 is 2.62 bits per heavy atom. The van der Waals surface area contributed by atoms with Gasteiger partial charge in [0.1, 0.15) is 0 Å². The van der Waals surface area contributed by atoms with Crippen molar-refractivity contribution in [1.29, 1.82) is 0 Å². The Morgan fingerprint density at radius 2 is 1.90 bits per heavy atom. The van der Waals surface area contributed by atoms with Crippen molar-refractivity contribution in [3.05, 3.63) is 59.8 Å². The Morgan fingerprint density at radius 1 is 1.19 bits per heavy atom. The third-order valence-corrected chi connectivity index (χ3v) is 3.46. The minimum atomic E-state index is -0.419. The van der Waals surface area contributed by atoms with Crippen LogP contribution in [0.1, 0.15) is 16.1 Å². The quantitative estimate of drug-likeness (QED) is 0.770. The van der Waals surface area contributed by atoms with Crippen LogP contribution in [0, 0.1) is 0 Å². The number of carbonyl (C=O) groups excluding carboxylic acids is 1. The van der Waals surface area contributed by atoms with Crippen LogP contribution in [0.2, 0.25) is 0 Å². The summed E-state index contributed by atoms with van der Waals surface area (Å²) < 4.78 is 1.88. The minimum absolute atomic E-state index is 0.419. The van der Waals surface area contributed by atoms with Gasteiger partial charge in [0, 0.05) is 23.7 Å². The number of para-hydroxylation sites is 1. The van der Waals surface area contributed by atoms with Crippen molar-refractivity contribution in [3.8, 4) is 0 Å². The number of hydrogen-bond donors (Lipinski definition) is 2. The second-order valence-electron chi connectivity index (χ2n) is 4.88. The first-order valence-electron chi connectivity index (χ1n) is 6.69. The monoisotopic (exact) mass is 280 g/mol. The third kappa shape index (κ3) is 2.58. The van der Waals surface area contributed by atoms with Gasteiger partial charge in [-0.2, -0.15) is 5.10 Å². The fraction of sp³-hybridized carbons (Fsp3) is 0.125. The average Bonchev–Trinajstić information content (AvgIpc) is 2.83. The smallest absolute Gasteiger partial charge is 0.248 e. The number of amides is 1. The highest BCUT2D eigenvalue weighted by Crippen LogP contribution is 2.19. The van der Waals surface area contributed by atoms with E-state index < -0.39 is 5.91 Å². The van der Waals surface area contributed by atoms with Crippen molar-refractivity contribution in [2.45, 2.75) is 6.54 Å². The van der Waals surface area contributed by atoms with Crippen molar-refractivity contribution in [1.82, 2.24) is 9.78 Å². The molecule has 21 heavy (non-hydrogen) atoms. The van der Waals surface area contributed by atoms with Gasteiger partial charge in [0.25, 0.3) is 0 Å². The normalized spacial score (nSPS) is 10.7. The molecular weight excluding hydrogens is 264 g/mol. The van der Waals surface area contributed by atoms with Crippen molar-refractivity contribution in [2.75, 3.05) is 5.32 Å². The Hall–Kier alpha value is -2.82. The van der Waals surface area contributed by atoms with Crippen LogP contribution in [0.25, 0.3) is 10.9 Å². The fourth-order valence-electron chi connectivity index (χ4n) is 2.36. The molecule has 1 heterocycles. The number of rotatable bonds is 4. The number of nitrogens with zero attached hydrogens (tertiary/aromatic N) is 2. The molecule has 0 aliphatic carbocycles. The lowest BCUT2D eigenvalue weighted by Gasteiger charge is -2.05. The van der Waals surface area contributed by atoms with Crippen LogP contribution >= 0.6 is 0 Å². The van der Waals surface area contributed by atoms with E-state index in [1.165, 1.54) is 0 Å². The molecule has 0 spiro atoms. The highest BCUT2D eigenvalue weighted by Gasteiger charge is 2.07. The van der Waals surface area contributed by atoms with Gasteiger partial charge >= 0.3 is 0 Å². The van der Waals surface area contributed by atoms with Crippen LogP contribution in [-0.4, -0.2) is 15.7 Å². The summed E-state index contributed by atoms with van der Waals surface area (Å²) in [6, 6.07) is 15.2. The maximum absolute atomic E-state index is 11.0. The second kappa shape index (κ2) is 5.28. The minimum Gasteiger partial charge on any atom is -0.379 e. The molecule has 1 amide bonds. The fourth-order valence-corrected chi connectivity index (χ4v) is 2.36. The molecule has 0 radical (unpaired) electrons. The summed E-state index contributed by atoms with van der Waals surface area (Å²) in [4.78, 5) is 11.0. The predicted molar refractivity (Wildman–Crippen MR) is 83.0 cm³/mol. The van der Waals surface area contributed by atoms with Crippen molar-refractivity contribution in [3.63, 3.8) is 0 Å². The standard InChI is InChI=1S/C16H16N4O/c1-20-15-5-3-2-4-13(15)14(19-20)10-18-12-8-6-11(7-9-12)16(17)21/h2-9,18H,10H2,1H3,(H2,17,21). The molecule has 0 fully saturated rings. The van der Waals surface area contributed by atoms with Crippen molar-refractivity contribution < 1.29 is 4.79 Å². The lowest BCUT2D eigenvalue weighted by atomic mass is 10.2. The number of anilines is 1. The molecule has 3 aromatic rings. The first-order valence-corrected chi connectivity index (χ1v) is 6.69. The van der Waals surface area contributed by atoms with Gasteiger partial charge in [0.05, 0.1) is 17.8 Å². The molecule has 0 atom stereocenters. The molecule has 3 rings (SSSR count). The van der Waals surface area contributed by atoms with E-state index in [2.05, 4.69) is 16.5 Å². The molecular formula is C16H16N4O. The highest BCUT2D eigenvalue weighted by molar-refractivity contribution is 5.93. The van der Waals surface area contributed by atoms with Crippen LogP contribution in [0.4, 0.5) is 5.69 Å². The van der Waals surface area contributed by atoms with Crippen molar-refractivity contribution in [2.24, 2.45) is 12.8 Å². The van der Waals surface area contributed by atoms with Gasteiger partial charge in [-0.25, -0.2) is 0 Å². The Labute approximate surface area is 122 Å². The Balaban J connectivity index is 1.79. The van der Waals surface area contributed by atoms with Gasteiger partial charge in [-0.05, 0) is 30.3 Å². The third-order valence-electron chi connectivity index (χ3n) is 3.46. The number of carbonyl (C=O) groups is 1. The van der Waals surface area contributed by atoms with E-state index in [1.807, 2.05) is 42.1 Å². The van der Waals surface area contributed by atoms with E-state index >= 15 is 0 Å². The molecule has 1 aromatic heterocycles. The number of primary amides is 1. The number of nitrogens with one attached hydrogen (secondary N) is 1. The molecule has 0 unspecified atom stereocenters. The topological polar surface area (TPSA) is 72.9 Å². The van der Waals surface area contributed by atoms with Crippen LogP contribution in [0.3, 0.4) is 0 Å². The first kappa shape index (κ1) is 13.2. The van der Waals surface area contributed by atoms with Crippen molar-refractivity contribution >= 4 is 22.5 Å². The summed E-state index contributed by atoms with van der Waals surface area (Å²) in [7, 11) is 1.94. The van der Waals surface area contributed by atoms with E-state index in [9.17, 15) is 4.79 Å². The van der Waals surface area contributed by atoms with Crippen LogP contribution < -0.4 is 11.1 Å². The molecule has 2 aromatic carbocycles. The van der Waals surface area contributed by atoms with E-state index in [4.69, 9.17) is 5.73 Å². The summed E-state index contributed by atoms with van der Waals surface area (Å²) >= 11 is 0. The molecule has 3 N–H and O–H groups in total. The highest BCUT2D eigenvalue weighted by atomic mass is 16.1. The van der Waals surface area contributed by atoms with Gasteiger partial charge in [-0.1, -0.05) is 18.2 Å². The molecule has 5 heteroatoms. The average molecular weight is 280 g/mol.